The first-order valence-electron chi connectivity index (χ1n) is 9.29. The molecule has 0 heterocycles. The van der Waals surface area contributed by atoms with Gasteiger partial charge < -0.3 is 10.6 Å². The number of rotatable bonds is 12. The lowest BCUT2D eigenvalue weighted by Crippen LogP contribution is -2.31. The molecule has 0 bridgehead atoms. The van der Waals surface area contributed by atoms with Crippen LogP contribution in [0.1, 0.15) is 90.9 Å². The van der Waals surface area contributed by atoms with Crippen LogP contribution >= 0.6 is 0 Å². The van der Waals surface area contributed by atoms with E-state index in [1.165, 1.54) is 90.1 Å². The van der Waals surface area contributed by atoms with Crippen molar-refractivity contribution in [3.05, 3.63) is 0 Å². The minimum Gasteiger partial charge on any atom is -0.314 e. The topological polar surface area (TPSA) is 24.1 Å². The van der Waals surface area contributed by atoms with E-state index in [0.717, 1.165) is 6.04 Å². The average Bonchev–Trinajstić information content (AvgIpc) is 2.50. The van der Waals surface area contributed by atoms with Crippen molar-refractivity contribution in [2.75, 3.05) is 13.1 Å². The van der Waals surface area contributed by atoms with Gasteiger partial charge >= 0.3 is 0 Å². The van der Waals surface area contributed by atoms with E-state index < -0.39 is 0 Å². The highest BCUT2D eigenvalue weighted by atomic mass is 14.9. The molecule has 2 N–H and O–H groups in total. The van der Waals surface area contributed by atoms with E-state index in [1.54, 1.807) is 0 Å². The summed E-state index contributed by atoms with van der Waals surface area (Å²) >= 11 is 0. The number of hydrogen-bond acceptors (Lipinski definition) is 2. The molecule has 1 fully saturated rings. The molecule has 0 radical (unpaired) electrons. The Labute approximate surface area is 127 Å². The van der Waals surface area contributed by atoms with Crippen molar-refractivity contribution >= 4 is 0 Å². The molecule has 0 spiro atoms. The predicted octanol–water partition coefficient (Wildman–Crippen LogP) is 4.64. The molecule has 0 saturated heterocycles. The highest BCUT2D eigenvalue weighted by molar-refractivity contribution is 4.71. The van der Waals surface area contributed by atoms with Crippen molar-refractivity contribution in [2.24, 2.45) is 0 Å². The molecule has 1 aliphatic carbocycles. The summed E-state index contributed by atoms with van der Waals surface area (Å²) in [5, 5.41) is 7.31. The number of unbranched alkanes of at least 4 members (excludes halogenated alkanes) is 5. The molecule has 1 rings (SSSR count). The SMILES string of the molecule is CCC(C)NCCCCCCCCNC1CCCCC1. The molecule has 2 heteroatoms. The first kappa shape index (κ1) is 18.0. The second kappa shape index (κ2) is 12.6. The molecule has 1 aliphatic rings. The molecular formula is C18H38N2. The van der Waals surface area contributed by atoms with Crippen LogP contribution in [0.4, 0.5) is 0 Å². The summed E-state index contributed by atoms with van der Waals surface area (Å²) in [6.45, 7) is 6.98. The second-order valence-electron chi connectivity index (χ2n) is 6.67. The molecule has 0 aromatic heterocycles. The van der Waals surface area contributed by atoms with Crippen LogP contribution in [-0.2, 0) is 0 Å². The van der Waals surface area contributed by atoms with E-state index in [-0.39, 0.29) is 0 Å². The van der Waals surface area contributed by atoms with Gasteiger partial charge in [-0.3, -0.25) is 0 Å². The van der Waals surface area contributed by atoms with E-state index in [9.17, 15) is 0 Å². The van der Waals surface area contributed by atoms with Crippen LogP contribution in [0.3, 0.4) is 0 Å². The zero-order chi connectivity index (χ0) is 14.5. The minimum atomic E-state index is 0.695. The zero-order valence-electron chi connectivity index (χ0n) is 14.1. The van der Waals surface area contributed by atoms with Crippen molar-refractivity contribution in [1.82, 2.24) is 10.6 Å². The molecule has 20 heavy (non-hydrogen) atoms. The van der Waals surface area contributed by atoms with Gasteiger partial charge in [0.2, 0.25) is 0 Å². The van der Waals surface area contributed by atoms with Gasteiger partial charge in [-0.15, -0.1) is 0 Å². The van der Waals surface area contributed by atoms with E-state index in [4.69, 9.17) is 0 Å². The Morgan fingerprint density at radius 1 is 0.850 bits per heavy atom. The van der Waals surface area contributed by atoms with Gasteiger partial charge in [0.05, 0.1) is 0 Å². The Balaban J connectivity index is 1.74. The molecule has 1 unspecified atom stereocenters. The number of nitrogens with one attached hydrogen (secondary N) is 2. The van der Waals surface area contributed by atoms with Crippen LogP contribution in [0.15, 0.2) is 0 Å². The highest BCUT2D eigenvalue weighted by Gasteiger charge is 2.11. The summed E-state index contributed by atoms with van der Waals surface area (Å²) in [5.41, 5.74) is 0. The molecule has 2 nitrogen and oxygen atoms in total. The van der Waals surface area contributed by atoms with E-state index in [0.29, 0.717) is 6.04 Å². The number of hydrogen-bond donors (Lipinski definition) is 2. The smallest absolute Gasteiger partial charge is 0.00670 e. The molecule has 0 aromatic carbocycles. The second-order valence-corrected chi connectivity index (χ2v) is 6.67. The van der Waals surface area contributed by atoms with Gasteiger partial charge in [0.25, 0.3) is 0 Å². The lowest BCUT2D eigenvalue weighted by atomic mass is 9.95. The lowest BCUT2D eigenvalue weighted by Gasteiger charge is -2.22. The van der Waals surface area contributed by atoms with Gasteiger partial charge in [-0.1, -0.05) is 51.9 Å². The average molecular weight is 283 g/mol. The van der Waals surface area contributed by atoms with Gasteiger partial charge in [-0.05, 0) is 52.1 Å². The maximum atomic E-state index is 3.74. The van der Waals surface area contributed by atoms with Crippen molar-refractivity contribution < 1.29 is 0 Å². The molecule has 0 amide bonds. The maximum Gasteiger partial charge on any atom is 0.00670 e. The van der Waals surface area contributed by atoms with Crippen LogP contribution in [-0.4, -0.2) is 25.2 Å². The van der Waals surface area contributed by atoms with E-state index in [2.05, 4.69) is 24.5 Å². The van der Waals surface area contributed by atoms with Crippen molar-refractivity contribution in [3.63, 3.8) is 0 Å². The normalized spacial score (nSPS) is 18.3. The molecule has 0 aromatic rings. The minimum absolute atomic E-state index is 0.695. The fourth-order valence-electron chi connectivity index (χ4n) is 3.06. The zero-order valence-corrected chi connectivity index (χ0v) is 14.1. The third-order valence-electron chi connectivity index (χ3n) is 4.75. The maximum absolute atomic E-state index is 3.74. The summed E-state index contributed by atoms with van der Waals surface area (Å²) in [4.78, 5) is 0. The van der Waals surface area contributed by atoms with Crippen LogP contribution < -0.4 is 10.6 Å². The Bertz CT molecular complexity index is 200. The fraction of sp³-hybridized carbons (Fsp3) is 1.00. The summed E-state index contributed by atoms with van der Waals surface area (Å²) in [6.07, 6.45) is 16.8. The Morgan fingerprint density at radius 2 is 1.45 bits per heavy atom. The Kier molecular flexibility index (Phi) is 11.4. The largest absolute Gasteiger partial charge is 0.314 e. The summed E-state index contributed by atoms with van der Waals surface area (Å²) in [7, 11) is 0. The predicted molar refractivity (Wildman–Crippen MR) is 90.3 cm³/mol. The van der Waals surface area contributed by atoms with Crippen LogP contribution in [0, 0.1) is 0 Å². The Morgan fingerprint density at radius 3 is 2.10 bits per heavy atom. The molecule has 120 valence electrons. The van der Waals surface area contributed by atoms with Gasteiger partial charge in [-0.25, -0.2) is 0 Å². The summed E-state index contributed by atoms with van der Waals surface area (Å²) < 4.78 is 0. The van der Waals surface area contributed by atoms with Gasteiger partial charge in [0.15, 0.2) is 0 Å². The molecule has 0 aliphatic heterocycles. The first-order chi connectivity index (χ1) is 9.83. The Hall–Kier alpha value is -0.0800. The fourth-order valence-corrected chi connectivity index (χ4v) is 3.06. The van der Waals surface area contributed by atoms with Crippen molar-refractivity contribution in [3.8, 4) is 0 Å². The molecule has 1 atom stereocenters. The summed E-state index contributed by atoms with van der Waals surface area (Å²) in [5.74, 6) is 0. The van der Waals surface area contributed by atoms with Gasteiger partial charge in [-0.2, -0.15) is 0 Å². The third kappa shape index (κ3) is 9.77. The van der Waals surface area contributed by atoms with Crippen LogP contribution in [0.5, 0.6) is 0 Å². The lowest BCUT2D eigenvalue weighted by molar-refractivity contribution is 0.369. The quantitative estimate of drug-likeness (QED) is 0.510. The van der Waals surface area contributed by atoms with E-state index in [1.807, 2.05) is 0 Å². The highest BCUT2D eigenvalue weighted by Crippen LogP contribution is 2.17. The molecular weight excluding hydrogens is 244 g/mol. The first-order valence-corrected chi connectivity index (χ1v) is 9.29. The van der Waals surface area contributed by atoms with Crippen molar-refractivity contribution in [1.29, 1.82) is 0 Å². The van der Waals surface area contributed by atoms with Gasteiger partial charge in [0, 0.05) is 12.1 Å². The third-order valence-corrected chi connectivity index (χ3v) is 4.75. The van der Waals surface area contributed by atoms with Crippen molar-refractivity contribution in [2.45, 2.75) is 103 Å². The van der Waals surface area contributed by atoms with Crippen LogP contribution in [0.2, 0.25) is 0 Å². The van der Waals surface area contributed by atoms with Crippen LogP contribution in [0.25, 0.3) is 0 Å². The summed E-state index contributed by atoms with van der Waals surface area (Å²) in [6, 6.07) is 1.54. The van der Waals surface area contributed by atoms with E-state index >= 15 is 0 Å². The standard InChI is InChI=1S/C18H38N2/c1-3-17(2)19-15-11-6-4-5-7-12-16-20-18-13-9-8-10-14-18/h17-20H,3-16H2,1-2H3. The monoisotopic (exact) mass is 282 g/mol. The molecule has 1 saturated carbocycles. The van der Waals surface area contributed by atoms with Gasteiger partial charge in [0.1, 0.15) is 0 Å².